The number of hydrogen-bond donors (Lipinski definition) is 0. The fraction of sp³-hybridized carbons (Fsp3) is 0.818. The molecule has 2 heterocycles. The first kappa shape index (κ1) is 10.5. The molecule has 2 aliphatic heterocycles. The minimum Gasteiger partial charge on any atom is -0.464 e. The highest BCUT2D eigenvalue weighted by molar-refractivity contribution is 5.77. The number of carbonyl (C=O) groups is 2. The van der Waals surface area contributed by atoms with Crippen molar-refractivity contribution in [3.63, 3.8) is 0 Å². The molecule has 2 saturated heterocycles. The Morgan fingerprint density at radius 1 is 1.47 bits per heavy atom. The van der Waals surface area contributed by atoms with Gasteiger partial charge in [0.25, 0.3) is 6.47 Å². The molecule has 15 heavy (non-hydrogen) atoms. The zero-order chi connectivity index (χ0) is 10.8. The molecular formula is C11H17NO3. The van der Waals surface area contributed by atoms with Gasteiger partial charge in [0.05, 0.1) is 0 Å². The van der Waals surface area contributed by atoms with Crippen molar-refractivity contribution in [2.24, 2.45) is 5.92 Å². The molecule has 1 amide bonds. The maximum absolute atomic E-state index is 11.7. The van der Waals surface area contributed by atoms with Gasteiger partial charge in [0.15, 0.2) is 0 Å². The molecule has 0 aromatic carbocycles. The van der Waals surface area contributed by atoms with Crippen LogP contribution < -0.4 is 0 Å². The second-order valence-electron chi connectivity index (χ2n) is 4.47. The van der Waals surface area contributed by atoms with Crippen LogP contribution in [0.2, 0.25) is 0 Å². The van der Waals surface area contributed by atoms with Gasteiger partial charge in [-0.15, -0.1) is 0 Å². The molecule has 0 saturated carbocycles. The molecule has 0 aromatic heterocycles. The Morgan fingerprint density at radius 2 is 2.27 bits per heavy atom. The standard InChI is InChI=1S/C11H17NO3/c1-8-9-3-2-4-11(14)12(9)6-5-10(8)15-7-13/h7-10H,2-6H2,1H3/t8-,9-,10-/m1/s1. The third-order valence-electron chi connectivity index (χ3n) is 3.69. The van der Waals surface area contributed by atoms with Gasteiger partial charge in [0.1, 0.15) is 6.10 Å². The molecule has 4 heteroatoms. The van der Waals surface area contributed by atoms with Crippen LogP contribution in [0.1, 0.15) is 32.6 Å². The smallest absolute Gasteiger partial charge is 0.293 e. The summed E-state index contributed by atoms with van der Waals surface area (Å²) in [5.74, 6) is 0.538. The van der Waals surface area contributed by atoms with Crippen molar-refractivity contribution >= 4 is 12.4 Å². The van der Waals surface area contributed by atoms with Crippen LogP contribution in [0.3, 0.4) is 0 Å². The van der Waals surface area contributed by atoms with E-state index in [1.165, 1.54) is 0 Å². The minimum absolute atomic E-state index is 0.00495. The van der Waals surface area contributed by atoms with Gasteiger partial charge in [-0.25, -0.2) is 0 Å². The zero-order valence-corrected chi connectivity index (χ0v) is 9.02. The van der Waals surface area contributed by atoms with E-state index in [0.717, 1.165) is 25.8 Å². The summed E-state index contributed by atoms with van der Waals surface area (Å²) in [7, 11) is 0. The predicted octanol–water partition coefficient (Wildman–Crippen LogP) is 0.949. The maximum atomic E-state index is 11.7. The lowest BCUT2D eigenvalue weighted by Crippen LogP contribution is -2.55. The molecule has 0 radical (unpaired) electrons. The lowest BCUT2D eigenvalue weighted by molar-refractivity contribution is -0.150. The maximum Gasteiger partial charge on any atom is 0.293 e. The Labute approximate surface area is 89.6 Å². The second kappa shape index (κ2) is 4.21. The first-order chi connectivity index (χ1) is 7.24. The molecular weight excluding hydrogens is 194 g/mol. The second-order valence-corrected chi connectivity index (χ2v) is 4.47. The van der Waals surface area contributed by atoms with Crippen molar-refractivity contribution in [2.45, 2.75) is 44.8 Å². The molecule has 2 rings (SSSR count). The third kappa shape index (κ3) is 1.85. The lowest BCUT2D eigenvalue weighted by atomic mass is 9.82. The molecule has 0 bridgehead atoms. The van der Waals surface area contributed by atoms with Crippen LogP contribution in [0.5, 0.6) is 0 Å². The number of piperidine rings is 2. The van der Waals surface area contributed by atoms with Gasteiger partial charge in [0, 0.05) is 31.3 Å². The van der Waals surface area contributed by atoms with Gasteiger partial charge < -0.3 is 9.64 Å². The fourth-order valence-electron chi connectivity index (χ4n) is 2.82. The molecule has 0 N–H and O–H groups in total. The van der Waals surface area contributed by atoms with E-state index in [4.69, 9.17) is 4.74 Å². The molecule has 2 aliphatic rings. The highest BCUT2D eigenvalue weighted by atomic mass is 16.5. The highest BCUT2D eigenvalue weighted by Gasteiger charge is 2.40. The number of hydrogen-bond acceptors (Lipinski definition) is 3. The van der Waals surface area contributed by atoms with Crippen molar-refractivity contribution in [3.8, 4) is 0 Å². The number of ether oxygens (including phenoxy) is 1. The fourth-order valence-corrected chi connectivity index (χ4v) is 2.82. The summed E-state index contributed by atoms with van der Waals surface area (Å²) in [6.07, 6.45) is 3.48. The van der Waals surface area contributed by atoms with Crippen LogP contribution in [0.25, 0.3) is 0 Å². The number of rotatable bonds is 2. The summed E-state index contributed by atoms with van der Waals surface area (Å²) < 4.78 is 5.06. The van der Waals surface area contributed by atoms with Gasteiger partial charge in [-0.3, -0.25) is 9.59 Å². The number of fused-ring (bicyclic) bond motifs is 1. The monoisotopic (exact) mass is 211 g/mol. The molecule has 3 atom stereocenters. The summed E-state index contributed by atoms with van der Waals surface area (Å²) in [6, 6.07) is 0.282. The van der Waals surface area contributed by atoms with Crippen molar-refractivity contribution in [3.05, 3.63) is 0 Å². The van der Waals surface area contributed by atoms with E-state index in [-0.39, 0.29) is 24.0 Å². The van der Waals surface area contributed by atoms with Crippen LogP contribution in [-0.4, -0.2) is 36.0 Å². The highest BCUT2D eigenvalue weighted by Crippen LogP contribution is 2.32. The largest absolute Gasteiger partial charge is 0.464 e. The Kier molecular flexibility index (Phi) is 2.93. The molecule has 0 aromatic rings. The van der Waals surface area contributed by atoms with E-state index in [9.17, 15) is 9.59 Å². The molecule has 84 valence electrons. The predicted molar refractivity (Wildman–Crippen MR) is 54.1 cm³/mol. The Morgan fingerprint density at radius 3 is 3.00 bits per heavy atom. The first-order valence-electron chi connectivity index (χ1n) is 5.62. The average Bonchev–Trinajstić information content (AvgIpc) is 2.23. The quantitative estimate of drug-likeness (QED) is 0.639. The number of nitrogens with zero attached hydrogens (tertiary/aromatic N) is 1. The van der Waals surface area contributed by atoms with E-state index in [1.54, 1.807) is 0 Å². The van der Waals surface area contributed by atoms with E-state index in [2.05, 4.69) is 6.92 Å². The Bertz CT molecular complexity index is 267. The summed E-state index contributed by atoms with van der Waals surface area (Å²) in [5.41, 5.74) is 0. The minimum atomic E-state index is -0.00495. The third-order valence-corrected chi connectivity index (χ3v) is 3.69. The summed E-state index contributed by atoms with van der Waals surface area (Å²) in [5, 5.41) is 0. The number of amides is 1. The van der Waals surface area contributed by atoms with Crippen LogP contribution in [0.4, 0.5) is 0 Å². The number of carbonyl (C=O) groups excluding carboxylic acids is 2. The van der Waals surface area contributed by atoms with Gasteiger partial charge >= 0.3 is 0 Å². The van der Waals surface area contributed by atoms with Gasteiger partial charge in [-0.2, -0.15) is 0 Å². The molecule has 4 nitrogen and oxygen atoms in total. The topological polar surface area (TPSA) is 46.6 Å². The van der Waals surface area contributed by atoms with Gasteiger partial charge in [-0.1, -0.05) is 6.92 Å². The van der Waals surface area contributed by atoms with Crippen molar-refractivity contribution < 1.29 is 14.3 Å². The van der Waals surface area contributed by atoms with Gasteiger partial charge in [-0.05, 0) is 12.8 Å². The van der Waals surface area contributed by atoms with E-state index in [0.29, 0.717) is 12.9 Å². The molecule has 0 unspecified atom stereocenters. The van der Waals surface area contributed by atoms with E-state index in [1.807, 2.05) is 4.90 Å². The van der Waals surface area contributed by atoms with E-state index < -0.39 is 0 Å². The summed E-state index contributed by atoms with van der Waals surface area (Å²) in [6.45, 7) is 3.34. The lowest BCUT2D eigenvalue weighted by Gasteiger charge is -2.45. The van der Waals surface area contributed by atoms with E-state index >= 15 is 0 Å². The van der Waals surface area contributed by atoms with Crippen molar-refractivity contribution in [1.29, 1.82) is 0 Å². The Balaban J connectivity index is 2.07. The van der Waals surface area contributed by atoms with Crippen LogP contribution >= 0.6 is 0 Å². The van der Waals surface area contributed by atoms with Crippen molar-refractivity contribution in [2.75, 3.05) is 6.54 Å². The summed E-state index contributed by atoms with van der Waals surface area (Å²) in [4.78, 5) is 24.0. The first-order valence-corrected chi connectivity index (χ1v) is 5.62. The van der Waals surface area contributed by atoms with Gasteiger partial charge in [0.2, 0.25) is 5.91 Å². The van der Waals surface area contributed by atoms with Crippen LogP contribution in [0.15, 0.2) is 0 Å². The molecule has 0 spiro atoms. The Hall–Kier alpha value is -1.06. The zero-order valence-electron chi connectivity index (χ0n) is 9.02. The van der Waals surface area contributed by atoms with Crippen molar-refractivity contribution in [1.82, 2.24) is 4.90 Å². The summed E-state index contributed by atoms with van der Waals surface area (Å²) >= 11 is 0. The average molecular weight is 211 g/mol. The molecule has 2 fully saturated rings. The van der Waals surface area contributed by atoms with Crippen LogP contribution in [0, 0.1) is 5.92 Å². The SMILES string of the molecule is C[C@@H]1[C@H]2CCCC(=O)N2CC[C@H]1OC=O. The normalized spacial score (nSPS) is 35.9. The molecule has 0 aliphatic carbocycles. The van der Waals surface area contributed by atoms with Crippen LogP contribution in [-0.2, 0) is 14.3 Å².